The van der Waals surface area contributed by atoms with Crippen molar-refractivity contribution in [2.24, 2.45) is 5.73 Å². The van der Waals surface area contributed by atoms with Crippen LogP contribution in [0.15, 0.2) is 0 Å². The Bertz CT molecular complexity index is 151. The summed E-state index contributed by atoms with van der Waals surface area (Å²) in [5.74, 6) is 0. The lowest BCUT2D eigenvalue weighted by atomic mass is 9.95. The molecule has 1 fully saturated rings. The summed E-state index contributed by atoms with van der Waals surface area (Å²) >= 11 is 5.96. The maximum absolute atomic E-state index is 10.5. The van der Waals surface area contributed by atoms with Gasteiger partial charge in [0.2, 0.25) is 0 Å². The number of rotatable bonds is 1. The van der Waals surface area contributed by atoms with Gasteiger partial charge in [-0.3, -0.25) is 0 Å². The molecule has 64 valence electrons. The normalized spacial score (nSPS) is 31.4. The van der Waals surface area contributed by atoms with Gasteiger partial charge in [-0.15, -0.1) is 11.6 Å². The van der Waals surface area contributed by atoms with Gasteiger partial charge in [0.25, 0.3) is 0 Å². The van der Waals surface area contributed by atoms with Crippen LogP contribution in [0.5, 0.6) is 0 Å². The molecule has 1 aliphatic carbocycles. The molecule has 0 spiro atoms. The molecule has 11 heavy (non-hydrogen) atoms. The molecule has 0 unspecified atom stereocenters. The van der Waals surface area contributed by atoms with E-state index < -0.39 is 6.03 Å². The van der Waals surface area contributed by atoms with E-state index in [9.17, 15) is 4.79 Å². The van der Waals surface area contributed by atoms with Crippen molar-refractivity contribution < 1.29 is 4.79 Å². The smallest absolute Gasteiger partial charge is 0.312 e. The molecule has 0 aliphatic heterocycles. The lowest BCUT2D eigenvalue weighted by molar-refractivity contribution is 0.241. The highest BCUT2D eigenvalue weighted by Crippen LogP contribution is 2.22. The van der Waals surface area contributed by atoms with Gasteiger partial charge in [-0.1, -0.05) is 12.8 Å². The predicted octanol–water partition coefficient (Wildman–Crippen LogP) is 1.20. The lowest BCUT2D eigenvalue weighted by Crippen LogP contribution is -2.45. The first kappa shape index (κ1) is 8.65. The molecule has 1 aliphatic rings. The number of carbonyl (C=O) groups is 1. The minimum Gasteiger partial charge on any atom is -0.352 e. The van der Waals surface area contributed by atoms with Crippen LogP contribution in [-0.4, -0.2) is 17.5 Å². The van der Waals surface area contributed by atoms with E-state index in [1.807, 2.05) is 0 Å². The Morgan fingerprint density at radius 2 is 2.09 bits per heavy atom. The van der Waals surface area contributed by atoms with Gasteiger partial charge in [0.05, 0.1) is 5.38 Å². The Morgan fingerprint density at radius 1 is 1.45 bits per heavy atom. The largest absolute Gasteiger partial charge is 0.352 e. The molecular weight excluding hydrogens is 164 g/mol. The fraction of sp³-hybridized carbons (Fsp3) is 0.857. The van der Waals surface area contributed by atoms with Gasteiger partial charge in [-0.25, -0.2) is 4.79 Å². The Morgan fingerprint density at radius 3 is 2.64 bits per heavy atom. The van der Waals surface area contributed by atoms with E-state index in [1.165, 1.54) is 0 Å². The first-order valence-corrected chi connectivity index (χ1v) is 4.34. The zero-order valence-electron chi connectivity index (χ0n) is 6.35. The number of nitrogens with one attached hydrogen (secondary N) is 1. The number of halogens is 1. The highest BCUT2D eigenvalue weighted by atomic mass is 35.5. The molecule has 3 N–H and O–H groups in total. The highest BCUT2D eigenvalue weighted by molar-refractivity contribution is 6.21. The van der Waals surface area contributed by atoms with E-state index in [1.54, 1.807) is 0 Å². The van der Waals surface area contributed by atoms with Crippen molar-refractivity contribution in [3.05, 3.63) is 0 Å². The first-order chi connectivity index (χ1) is 5.20. The fourth-order valence-corrected chi connectivity index (χ4v) is 1.77. The minimum absolute atomic E-state index is 0.0660. The molecule has 1 rings (SSSR count). The molecule has 3 nitrogen and oxygen atoms in total. The van der Waals surface area contributed by atoms with Crippen LogP contribution in [0.1, 0.15) is 25.7 Å². The van der Waals surface area contributed by atoms with E-state index in [2.05, 4.69) is 5.32 Å². The number of hydrogen-bond acceptors (Lipinski definition) is 1. The van der Waals surface area contributed by atoms with Gasteiger partial charge in [0.1, 0.15) is 0 Å². The molecule has 0 aromatic heterocycles. The van der Waals surface area contributed by atoms with Gasteiger partial charge >= 0.3 is 6.03 Å². The summed E-state index contributed by atoms with van der Waals surface area (Å²) in [5, 5.41) is 2.70. The molecule has 0 radical (unpaired) electrons. The number of carbonyl (C=O) groups excluding carboxylic acids is 1. The average molecular weight is 177 g/mol. The summed E-state index contributed by atoms with van der Waals surface area (Å²) in [6.07, 6.45) is 4.23. The molecule has 0 heterocycles. The number of primary amides is 1. The third-order valence-electron chi connectivity index (χ3n) is 2.01. The maximum Gasteiger partial charge on any atom is 0.312 e. The molecule has 0 aromatic carbocycles. The fourth-order valence-electron chi connectivity index (χ4n) is 1.43. The van der Waals surface area contributed by atoms with Crippen molar-refractivity contribution in [2.45, 2.75) is 37.1 Å². The van der Waals surface area contributed by atoms with Crippen molar-refractivity contribution in [3.8, 4) is 0 Å². The molecular formula is C7H13ClN2O. The van der Waals surface area contributed by atoms with Crippen LogP contribution < -0.4 is 11.1 Å². The van der Waals surface area contributed by atoms with Gasteiger partial charge in [-0.05, 0) is 12.8 Å². The van der Waals surface area contributed by atoms with E-state index in [0.717, 1.165) is 25.7 Å². The van der Waals surface area contributed by atoms with Crippen molar-refractivity contribution in [1.29, 1.82) is 0 Å². The molecule has 0 saturated heterocycles. The van der Waals surface area contributed by atoms with Crippen molar-refractivity contribution in [1.82, 2.24) is 5.32 Å². The number of urea groups is 1. The van der Waals surface area contributed by atoms with E-state index in [0.29, 0.717) is 0 Å². The van der Waals surface area contributed by atoms with Gasteiger partial charge < -0.3 is 11.1 Å². The van der Waals surface area contributed by atoms with Gasteiger partial charge in [-0.2, -0.15) is 0 Å². The summed E-state index contributed by atoms with van der Waals surface area (Å²) in [6, 6.07) is -0.384. The SMILES string of the molecule is NC(=O)N[C@@H]1CCCC[C@H]1Cl. The molecule has 0 aromatic rings. The van der Waals surface area contributed by atoms with E-state index >= 15 is 0 Å². The summed E-state index contributed by atoms with van der Waals surface area (Å²) in [5.41, 5.74) is 4.98. The van der Waals surface area contributed by atoms with Crippen LogP contribution in [-0.2, 0) is 0 Å². The number of amides is 2. The maximum atomic E-state index is 10.5. The van der Waals surface area contributed by atoms with E-state index in [-0.39, 0.29) is 11.4 Å². The Kier molecular flexibility index (Phi) is 3.00. The van der Waals surface area contributed by atoms with Crippen LogP contribution in [0, 0.1) is 0 Å². The molecule has 1 saturated carbocycles. The summed E-state index contributed by atoms with van der Waals surface area (Å²) in [6.45, 7) is 0. The van der Waals surface area contributed by atoms with Crippen molar-refractivity contribution in [3.63, 3.8) is 0 Å². The predicted molar refractivity (Wildman–Crippen MR) is 44.6 cm³/mol. The second kappa shape index (κ2) is 3.81. The molecule has 0 bridgehead atoms. The molecule has 2 atom stereocenters. The Labute approximate surface area is 71.3 Å². The molecule has 2 amide bonds. The first-order valence-electron chi connectivity index (χ1n) is 3.90. The second-order valence-electron chi connectivity index (χ2n) is 2.92. The third kappa shape index (κ3) is 2.58. The number of nitrogens with two attached hydrogens (primary N) is 1. The summed E-state index contributed by atoms with van der Waals surface area (Å²) < 4.78 is 0. The minimum atomic E-state index is -0.470. The second-order valence-corrected chi connectivity index (χ2v) is 3.48. The number of hydrogen-bond donors (Lipinski definition) is 2. The van der Waals surface area contributed by atoms with Crippen molar-refractivity contribution in [2.75, 3.05) is 0 Å². The van der Waals surface area contributed by atoms with Crippen molar-refractivity contribution >= 4 is 17.6 Å². The monoisotopic (exact) mass is 176 g/mol. The average Bonchev–Trinajstić information content (AvgIpc) is 1.93. The van der Waals surface area contributed by atoms with Gasteiger partial charge in [0, 0.05) is 6.04 Å². The zero-order valence-corrected chi connectivity index (χ0v) is 7.10. The highest BCUT2D eigenvalue weighted by Gasteiger charge is 2.23. The quantitative estimate of drug-likeness (QED) is 0.580. The van der Waals surface area contributed by atoms with Crippen LogP contribution in [0.25, 0.3) is 0 Å². The third-order valence-corrected chi connectivity index (χ3v) is 2.53. The summed E-state index contributed by atoms with van der Waals surface area (Å²) in [7, 11) is 0. The summed E-state index contributed by atoms with van der Waals surface area (Å²) in [4.78, 5) is 10.5. The Balaban J connectivity index is 2.35. The van der Waals surface area contributed by atoms with Crippen LogP contribution >= 0.6 is 11.6 Å². The van der Waals surface area contributed by atoms with Crippen LogP contribution in [0.2, 0.25) is 0 Å². The lowest BCUT2D eigenvalue weighted by Gasteiger charge is -2.26. The van der Waals surface area contributed by atoms with Crippen LogP contribution in [0.3, 0.4) is 0 Å². The topological polar surface area (TPSA) is 55.1 Å². The van der Waals surface area contributed by atoms with Crippen LogP contribution in [0.4, 0.5) is 4.79 Å². The number of alkyl halides is 1. The molecule has 4 heteroatoms. The standard InChI is InChI=1S/C7H13ClN2O/c8-5-3-1-2-4-6(5)10-7(9)11/h5-6H,1-4H2,(H3,9,10,11)/t5-,6-/m1/s1. The van der Waals surface area contributed by atoms with Gasteiger partial charge in [0.15, 0.2) is 0 Å². The van der Waals surface area contributed by atoms with E-state index in [4.69, 9.17) is 17.3 Å². The zero-order chi connectivity index (χ0) is 8.27. The Hall–Kier alpha value is -0.440.